The van der Waals surface area contributed by atoms with Crippen LogP contribution in [0.2, 0.25) is 0 Å². The number of piperidine rings is 1. The van der Waals surface area contributed by atoms with Crippen molar-refractivity contribution in [1.29, 1.82) is 0 Å². The van der Waals surface area contributed by atoms with Crippen LogP contribution in [0.3, 0.4) is 0 Å². The minimum Gasteiger partial charge on any atom is -0.350 e. The van der Waals surface area contributed by atoms with Gasteiger partial charge >= 0.3 is 0 Å². The Morgan fingerprint density at radius 2 is 2.04 bits per heavy atom. The zero-order valence-electron chi connectivity index (χ0n) is 15.8. The molecule has 3 fully saturated rings. The van der Waals surface area contributed by atoms with Crippen LogP contribution in [0, 0.1) is 11.8 Å². The number of amides is 1. The van der Waals surface area contributed by atoms with Crippen LogP contribution >= 0.6 is 0 Å². The van der Waals surface area contributed by atoms with E-state index in [2.05, 4.69) is 22.1 Å². The average molecular weight is 393 g/mol. The van der Waals surface area contributed by atoms with Gasteiger partial charge in [-0.05, 0) is 37.9 Å². The number of sulfonamides is 1. The summed E-state index contributed by atoms with van der Waals surface area (Å²) in [7, 11) is -3.57. The first-order chi connectivity index (χ1) is 13.0. The zero-order valence-corrected chi connectivity index (χ0v) is 16.6. The van der Waals surface area contributed by atoms with E-state index in [4.69, 9.17) is 0 Å². The molecule has 148 valence electrons. The summed E-state index contributed by atoms with van der Waals surface area (Å²) in [6.45, 7) is 5.87. The Bertz CT molecular complexity index is 790. The van der Waals surface area contributed by atoms with Gasteiger partial charge < -0.3 is 10.2 Å². The lowest BCUT2D eigenvalue weighted by Gasteiger charge is -2.42. The molecule has 7 nitrogen and oxygen atoms in total. The summed E-state index contributed by atoms with van der Waals surface area (Å²) in [5.74, 6) is 0.502. The minimum atomic E-state index is -3.57. The van der Waals surface area contributed by atoms with Crippen molar-refractivity contribution in [1.82, 2.24) is 19.5 Å². The Balaban J connectivity index is 1.46. The number of rotatable bonds is 5. The molecule has 27 heavy (non-hydrogen) atoms. The van der Waals surface area contributed by atoms with E-state index in [1.54, 1.807) is 12.1 Å². The molecule has 0 bridgehead atoms. The summed E-state index contributed by atoms with van der Waals surface area (Å²) in [5.41, 5.74) is -0.251. The number of hydrogen-bond acceptors (Lipinski definition) is 5. The molecule has 3 aliphatic heterocycles. The zero-order chi connectivity index (χ0) is 19.1. The lowest BCUT2D eigenvalue weighted by atomic mass is 9.76. The molecule has 1 spiro atoms. The number of hydrogen-bond donors (Lipinski definition) is 1. The van der Waals surface area contributed by atoms with Gasteiger partial charge in [-0.3, -0.25) is 4.79 Å². The molecular formula is C19H28N4O3S. The second-order valence-electron chi connectivity index (χ2n) is 8.04. The highest BCUT2D eigenvalue weighted by Gasteiger charge is 2.57. The van der Waals surface area contributed by atoms with Gasteiger partial charge in [-0.25, -0.2) is 13.4 Å². The van der Waals surface area contributed by atoms with Crippen LogP contribution in [-0.4, -0.2) is 66.8 Å². The van der Waals surface area contributed by atoms with E-state index in [0.29, 0.717) is 31.8 Å². The molecular weight excluding hydrogens is 364 g/mol. The number of nitrogens with one attached hydrogen (secondary N) is 1. The molecule has 4 heterocycles. The van der Waals surface area contributed by atoms with Crippen LogP contribution in [0.1, 0.15) is 32.6 Å². The van der Waals surface area contributed by atoms with Crippen LogP contribution in [-0.2, 0) is 14.8 Å². The summed E-state index contributed by atoms with van der Waals surface area (Å²) < 4.78 is 27.2. The molecule has 2 atom stereocenters. The van der Waals surface area contributed by atoms with Gasteiger partial charge in [0.2, 0.25) is 5.91 Å². The monoisotopic (exact) mass is 392 g/mol. The van der Waals surface area contributed by atoms with E-state index < -0.39 is 10.0 Å². The van der Waals surface area contributed by atoms with Crippen molar-refractivity contribution in [2.75, 3.05) is 32.7 Å². The molecule has 1 amide bonds. The van der Waals surface area contributed by atoms with Gasteiger partial charge in [0.1, 0.15) is 0 Å². The molecule has 0 saturated carbocycles. The van der Waals surface area contributed by atoms with Crippen LogP contribution in [0.5, 0.6) is 0 Å². The Hall–Kier alpha value is -1.51. The second-order valence-corrected chi connectivity index (χ2v) is 9.93. The van der Waals surface area contributed by atoms with Gasteiger partial charge in [0.15, 0.2) is 5.03 Å². The quantitative estimate of drug-likeness (QED) is 0.811. The van der Waals surface area contributed by atoms with Crippen molar-refractivity contribution in [3.05, 3.63) is 24.4 Å². The Morgan fingerprint density at radius 3 is 2.70 bits per heavy atom. The third-order valence-electron chi connectivity index (χ3n) is 6.50. The number of fused-ring (bicyclic) bond motifs is 2. The summed E-state index contributed by atoms with van der Waals surface area (Å²) in [5, 5.41) is 3.36. The number of carbonyl (C=O) groups excluding carboxylic acids is 1. The fourth-order valence-corrected chi connectivity index (χ4v) is 6.33. The molecule has 0 radical (unpaired) electrons. The van der Waals surface area contributed by atoms with Crippen molar-refractivity contribution in [2.45, 2.75) is 43.2 Å². The van der Waals surface area contributed by atoms with E-state index >= 15 is 0 Å². The van der Waals surface area contributed by atoms with Crippen molar-refractivity contribution in [2.24, 2.45) is 11.8 Å². The van der Waals surface area contributed by atoms with Crippen LogP contribution < -0.4 is 5.32 Å². The highest BCUT2D eigenvalue weighted by atomic mass is 32.2. The van der Waals surface area contributed by atoms with Crippen molar-refractivity contribution >= 4 is 15.9 Å². The van der Waals surface area contributed by atoms with Crippen molar-refractivity contribution < 1.29 is 13.2 Å². The molecule has 3 saturated heterocycles. The van der Waals surface area contributed by atoms with E-state index in [1.165, 1.54) is 16.6 Å². The number of unbranched alkanes of at least 4 members (excludes halogenated alkanes) is 1. The molecule has 0 aromatic carbocycles. The molecule has 3 aliphatic rings. The van der Waals surface area contributed by atoms with E-state index in [-0.39, 0.29) is 22.4 Å². The number of nitrogens with zero attached hydrogens (tertiary/aromatic N) is 3. The van der Waals surface area contributed by atoms with E-state index in [0.717, 1.165) is 32.5 Å². The fourth-order valence-electron chi connectivity index (χ4n) is 4.96. The Morgan fingerprint density at radius 1 is 1.26 bits per heavy atom. The van der Waals surface area contributed by atoms with E-state index in [9.17, 15) is 13.2 Å². The number of aromatic nitrogens is 1. The van der Waals surface area contributed by atoms with Crippen LogP contribution in [0.25, 0.3) is 0 Å². The van der Waals surface area contributed by atoms with Crippen molar-refractivity contribution in [3.8, 4) is 0 Å². The number of carbonyl (C=O) groups is 1. The minimum absolute atomic E-state index is 0.0563. The van der Waals surface area contributed by atoms with Gasteiger partial charge in [0.25, 0.3) is 10.0 Å². The molecule has 8 heteroatoms. The lowest BCUT2D eigenvalue weighted by Crippen LogP contribution is -2.56. The largest absolute Gasteiger partial charge is 0.350 e. The van der Waals surface area contributed by atoms with Gasteiger partial charge in [0, 0.05) is 43.8 Å². The Kier molecular flexibility index (Phi) is 4.98. The van der Waals surface area contributed by atoms with Gasteiger partial charge in [0.05, 0.1) is 5.92 Å². The third-order valence-corrected chi connectivity index (χ3v) is 8.31. The van der Waals surface area contributed by atoms with Crippen LogP contribution in [0.4, 0.5) is 0 Å². The summed E-state index contributed by atoms with van der Waals surface area (Å²) in [4.78, 5) is 19.0. The van der Waals surface area contributed by atoms with Gasteiger partial charge in [-0.1, -0.05) is 19.4 Å². The molecule has 0 aliphatic carbocycles. The first kappa shape index (κ1) is 18.8. The smallest absolute Gasteiger partial charge is 0.260 e. The molecule has 1 aromatic rings. The second kappa shape index (κ2) is 7.14. The molecule has 0 unspecified atom stereocenters. The van der Waals surface area contributed by atoms with Gasteiger partial charge in [-0.15, -0.1) is 0 Å². The maximum absolute atomic E-state index is 12.8. The molecule has 1 N–H and O–H groups in total. The SMILES string of the molecule is CCCCN1C[C@H]2C(=O)NC3(CCN(S(=O)(=O)c4ccccn4)CC3)[C@H]2C1. The Labute approximate surface area is 161 Å². The normalized spacial score (nSPS) is 28.4. The van der Waals surface area contributed by atoms with E-state index in [1.807, 2.05) is 0 Å². The number of likely N-dealkylation sites (tertiary alicyclic amines) is 1. The highest BCUT2D eigenvalue weighted by molar-refractivity contribution is 7.89. The molecule has 4 rings (SSSR count). The summed E-state index contributed by atoms with van der Waals surface area (Å²) in [6.07, 6.45) is 5.17. The maximum Gasteiger partial charge on any atom is 0.260 e. The topological polar surface area (TPSA) is 82.6 Å². The molecule has 1 aromatic heterocycles. The first-order valence-electron chi connectivity index (χ1n) is 9.92. The third kappa shape index (κ3) is 3.28. The maximum atomic E-state index is 12.8. The summed E-state index contributed by atoms with van der Waals surface area (Å²) in [6, 6.07) is 4.94. The van der Waals surface area contributed by atoms with Crippen molar-refractivity contribution in [3.63, 3.8) is 0 Å². The average Bonchev–Trinajstić information content (AvgIpc) is 3.21. The lowest BCUT2D eigenvalue weighted by molar-refractivity contribution is -0.123. The standard InChI is InChI=1S/C19H28N4O3S/c1-2-3-10-22-13-15-16(14-22)19(21-18(15)24)7-11-23(12-8-19)27(25,26)17-6-4-5-9-20-17/h4-6,9,15-16H,2-3,7-8,10-14H2,1H3,(H,21,24)/t15-,16+/m1/s1. The predicted octanol–water partition coefficient (Wildman–Crippen LogP) is 1.08. The van der Waals surface area contributed by atoms with Crippen LogP contribution in [0.15, 0.2) is 29.4 Å². The number of pyridine rings is 1. The fraction of sp³-hybridized carbons (Fsp3) is 0.684. The predicted molar refractivity (Wildman–Crippen MR) is 101 cm³/mol. The first-order valence-corrected chi connectivity index (χ1v) is 11.4. The summed E-state index contributed by atoms with van der Waals surface area (Å²) >= 11 is 0. The highest BCUT2D eigenvalue weighted by Crippen LogP contribution is 2.44. The van der Waals surface area contributed by atoms with Gasteiger partial charge in [-0.2, -0.15) is 4.31 Å².